The van der Waals surface area contributed by atoms with E-state index in [1.807, 2.05) is 6.07 Å². The minimum Gasteiger partial charge on any atom is -0.493 e. The van der Waals surface area contributed by atoms with E-state index in [2.05, 4.69) is 0 Å². The van der Waals surface area contributed by atoms with Crippen LogP contribution in [0, 0.1) is 0 Å². The number of hydrogen-bond acceptors (Lipinski definition) is 4. The standard InChI is InChI=1S/C12H15O4/c1-12(2,16-8-13)9-5-6-10(14-3)11(7-9)15-4/h5-7H,1-4H3. The van der Waals surface area contributed by atoms with E-state index >= 15 is 0 Å². The van der Waals surface area contributed by atoms with Crippen LogP contribution in [0.15, 0.2) is 18.2 Å². The second-order valence-corrected chi connectivity index (χ2v) is 3.77. The van der Waals surface area contributed by atoms with E-state index in [0.717, 1.165) is 5.56 Å². The Bertz CT molecular complexity index is 371. The van der Waals surface area contributed by atoms with Crippen molar-refractivity contribution in [2.45, 2.75) is 19.4 Å². The third kappa shape index (κ3) is 2.45. The fourth-order valence-corrected chi connectivity index (χ4v) is 1.37. The molecule has 0 atom stereocenters. The van der Waals surface area contributed by atoms with Crippen LogP contribution >= 0.6 is 0 Å². The third-order valence-corrected chi connectivity index (χ3v) is 2.38. The fraction of sp³-hybridized carbons (Fsp3) is 0.417. The number of carbonyl (C=O) groups excluding carboxylic acids is 1. The zero-order valence-electron chi connectivity index (χ0n) is 9.87. The van der Waals surface area contributed by atoms with Gasteiger partial charge in [-0.2, -0.15) is 0 Å². The van der Waals surface area contributed by atoms with Crippen LogP contribution in [0.1, 0.15) is 19.4 Å². The molecule has 16 heavy (non-hydrogen) atoms. The number of rotatable bonds is 5. The van der Waals surface area contributed by atoms with Gasteiger partial charge in [-0.1, -0.05) is 6.07 Å². The molecule has 4 heteroatoms. The molecule has 0 saturated heterocycles. The molecule has 1 aromatic carbocycles. The fourth-order valence-electron chi connectivity index (χ4n) is 1.37. The number of benzene rings is 1. The average Bonchev–Trinajstić information content (AvgIpc) is 2.28. The van der Waals surface area contributed by atoms with Gasteiger partial charge in [0.05, 0.1) is 14.2 Å². The number of hydrogen-bond donors (Lipinski definition) is 0. The normalized spacial score (nSPS) is 10.8. The maximum atomic E-state index is 10.3. The van der Waals surface area contributed by atoms with Crippen molar-refractivity contribution < 1.29 is 19.0 Å². The molecule has 1 rings (SSSR count). The van der Waals surface area contributed by atoms with Crippen LogP contribution in [0.25, 0.3) is 0 Å². The van der Waals surface area contributed by atoms with E-state index in [-0.39, 0.29) is 0 Å². The Balaban J connectivity index is 3.11. The van der Waals surface area contributed by atoms with Crippen LogP contribution in [0.3, 0.4) is 0 Å². The van der Waals surface area contributed by atoms with Gasteiger partial charge in [0.2, 0.25) is 0 Å². The van der Waals surface area contributed by atoms with Gasteiger partial charge in [-0.15, -0.1) is 0 Å². The first-order chi connectivity index (χ1) is 7.55. The van der Waals surface area contributed by atoms with Crippen LogP contribution in [0.5, 0.6) is 11.5 Å². The van der Waals surface area contributed by atoms with E-state index < -0.39 is 5.60 Å². The number of ether oxygens (including phenoxy) is 3. The molecule has 0 amide bonds. The van der Waals surface area contributed by atoms with Crippen molar-refractivity contribution >= 4 is 6.47 Å². The SMILES string of the molecule is COc1ccc(C(C)(C)O[C]=O)cc1OC. The molecular formula is C12H15O4. The van der Waals surface area contributed by atoms with Crippen LogP contribution in [0.4, 0.5) is 0 Å². The summed E-state index contributed by atoms with van der Waals surface area (Å²) in [5.41, 5.74) is 0.0786. The van der Waals surface area contributed by atoms with Gasteiger partial charge in [0, 0.05) is 0 Å². The van der Waals surface area contributed by atoms with E-state index in [9.17, 15) is 4.79 Å². The number of methoxy groups -OCH3 is 2. The quantitative estimate of drug-likeness (QED) is 0.766. The lowest BCUT2D eigenvalue weighted by Gasteiger charge is -2.23. The molecule has 0 aliphatic carbocycles. The maximum Gasteiger partial charge on any atom is 0.418 e. The molecule has 1 aromatic rings. The first-order valence-corrected chi connectivity index (χ1v) is 4.83. The van der Waals surface area contributed by atoms with Gasteiger partial charge in [0.1, 0.15) is 5.60 Å². The molecule has 4 nitrogen and oxygen atoms in total. The molecule has 1 radical (unpaired) electrons. The molecule has 0 N–H and O–H groups in total. The van der Waals surface area contributed by atoms with Crippen molar-refractivity contribution in [1.29, 1.82) is 0 Å². The summed E-state index contributed by atoms with van der Waals surface area (Å²) in [4.78, 5) is 10.3. The molecule has 87 valence electrons. The van der Waals surface area contributed by atoms with Crippen molar-refractivity contribution in [3.8, 4) is 11.5 Å². The first kappa shape index (κ1) is 12.4. The minimum absolute atomic E-state index is 0.600. The van der Waals surface area contributed by atoms with E-state index in [1.54, 1.807) is 40.2 Å². The summed E-state index contributed by atoms with van der Waals surface area (Å²) >= 11 is 0. The maximum absolute atomic E-state index is 10.3. The molecular weight excluding hydrogens is 208 g/mol. The van der Waals surface area contributed by atoms with Gasteiger partial charge >= 0.3 is 6.47 Å². The summed E-state index contributed by atoms with van der Waals surface area (Å²) in [7, 11) is 3.12. The summed E-state index contributed by atoms with van der Waals surface area (Å²) in [6.07, 6.45) is 0. The van der Waals surface area contributed by atoms with Gasteiger partial charge in [-0.3, -0.25) is 0 Å². The molecule has 0 aliphatic rings. The second-order valence-electron chi connectivity index (χ2n) is 3.77. The van der Waals surface area contributed by atoms with Gasteiger partial charge < -0.3 is 14.2 Å². The Kier molecular flexibility index (Phi) is 3.77. The Hall–Kier alpha value is -1.71. The van der Waals surface area contributed by atoms with Gasteiger partial charge in [-0.25, -0.2) is 4.79 Å². The molecule has 0 fully saturated rings. The van der Waals surface area contributed by atoms with Crippen molar-refractivity contribution in [3.05, 3.63) is 23.8 Å². The van der Waals surface area contributed by atoms with Crippen molar-refractivity contribution in [3.63, 3.8) is 0 Å². The molecule has 0 heterocycles. The highest BCUT2D eigenvalue weighted by Gasteiger charge is 2.23. The van der Waals surface area contributed by atoms with E-state index in [4.69, 9.17) is 14.2 Å². The van der Waals surface area contributed by atoms with Crippen LogP contribution in [-0.4, -0.2) is 20.7 Å². The zero-order chi connectivity index (χ0) is 12.2. The molecule has 0 aliphatic heterocycles. The minimum atomic E-state index is -0.735. The smallest absolute Gasteiger partial charge is 0.418 e. The van der Waals surface area contributed by atoms with E-state index in [0.29, 0.717) is 11.5 Å². The largest absolute Gasteiger partial charge is 0.493 e. The lowest BCUT2D eigenvalue weighted by atomic mass is 9.98. The lowest BCUT2D eigenvalue weighted by Crippen LogP contribution is -2.20. The molecule has 0 saturated carbocycles. The highest BCUT2D eigenvalue weighted by Crippen LogP contribution is 2.33. The summed E-state index contributed by atoms with van der Waals surface area (Å²) < 4.78 is 15.2. The van der Waals surface area contributed by atoms with Crippen LogP contribution in [-0.2, 0) is 15.1 Å². The molecule has 0 aromatic heterocycles. The molecule has 0 unspecified atom stereocenters. The molecule has 0 spiro atoms. The van der Waals surface area contributed by atoms with Gasteiger partial charge in [0.15, 0.2) is 11.5 Å². The Morgan fingerprint density at radius 3 is 2.25 bits per heavy atom. The van der Waals surface area contributed by atoms with Crippen LogP contribution < -0.4 is 9.47 Å². The summed E-state index contributed by atoms with van der Waals surface area (Å²) in [6, 6.07) is 5.36. The third-order valence-electron chi connectivity index (χ3n) is 2.38. The summed E-state index contributed by atoms with van der Waals surface area (Å²) in [6.45, 7) is 5.00. The topological polar surface area (TPSA) is 44.8 Å². The van der Waals surface area contributed by atoms with Gasteiger partial charge in [-0.05, 0) is 31.5 Å². The summed E-state index contributed by atoms with van der Waals surface area (Å²) in [5.74, 6) is 1.24. The summed E-state index contributed by atoms with van der Waals surface area (Å²) in [5, 5.41) is 0. The highest BCUT2D eigenvalue weighted by molar-refractivity contribution is 5.46. The Morgan fingerprint density at radius 1 is 1.12 bits per heavy atom. The van der Waals surface area contributed by atoms with Gasteiger partial charge in [0.25, 0.3) is 0 Å². The average molecular weight is 223 g/mol. The Labute approximate surface area is 95.1 Å². The monoisotopic (exact) mass is 223 g/mol. The lowest BCUT2D eigenvalue weighted by molar-refractivity contribution is 0.0875. The van der Waals surface area contributed by atoms with Crippen molar-refractivity contribution in [2.75, 3.05) is 14.2 Å². The van der Waals surface area contributed by atoms with Crippen molar-refractivity contribution in [1.82, 2.24) is 0 Å². The van der Waals surface area contributed by atoms with Crippen molar-refractivity contribution in [2.24, 2.45) is 0 Å². The predicted molar refractivity (Wildman–Crippen MR) is 59.4 cm³/mol. The predicted octanol–water partition coefficient (Wildman–Crippen LogP) is 2.02. The second kappa shape index (κ2) is 4.88. The zero-order valence-corrected chi connectivity index (χ0v) is 9.87. The van der Waals surface area contributed by atoms with E-state index in [1.165, 1.54) is 6.47 Å². The highest BCUT2D eigenvalue weighted by atomic mass is 16.5. The van der Waals surface area contributed by atoms with Crippen LogP contribution in [0.2, 0.25) is 0 Å². The Morgan fingerprint density at radius 2 is 1.75 bits per heavy atom. The first-order valence-electron chi connectivity index (χ1n) is 4.83. The molecule has 0 bridgehead atoms.